The van der Waals surface area contributed by atoms with Gasteiger partial charge in [0.25, 0.3) is 5.91 Å². The highest BCUT2D eigenvalue weighted by atomic mass is 35.5. The molecule has 2 N–H and O–H groups in total. The zero-order valence-corrected chi connectivity index (χ0v) is 14.1. The van der Waals surface area contributed by atoms with E-state index < -0.39 is 0 Å². The predicted octanol–water partition coefficient (Wildman–Crippen LogP) is 4.13. The zero-order valence-electron chi connectivity index (χ0n) is 13.3. The number of hydrogen-bond donors (Lipinski definition) is 1. The molecule has 1 saturated carbocycles. The smallest absolute Gasteiger partial charge is 0.254 e. The Kier molecular flexibility index (Phi) is 5.67. The molecular formula is C19H23ClN2O. The maximum Gasteiger partial charge on any atom is 0.254 e. The van der Waals surface area contributed by atoms with E-state index >= 15 is 0 Å². The van der Waals surface area contributed by atoms with Crippen LogP contribution >= 0.6 is 12.4 Å². The van der Waals surface area contributed by atoms with E-state index in [1.807, 2.05) is 41.3 Å². The van der Waals surface area contributed by atoms with E-state index in [-0.39, 0.29) is 24.4 Å². The van der Waals surface area contributed by atoms with E-state index in [2.05, 4.69) is 19.1 Å². The van der Waals surface area contributed by atoms with Crippen molar-refractivity contribution < 1.29 is 4.79 Å². The van der Waals surface area contributed by atoms with Crippen LogP contribution in [0.4, 0.5) is 5.69 Å². The van der Waals surface area contributed by atoms with Gasteiger partial charge in [-0.25, -0.2) is 0 Å². The molecule has 2 aromatic rings. The van der Waals surface area contributed by atoms with Crippen molar-refractivity contribution in [2.45, 2.75) is 32.4 Å². The fraction of sp³-hybridized carbons (Fsp3) is 0.316. The van der Waals surface area contributed by atoms with Crippen molar-refractivity contribution in [3.05, 3.63) is 65.7 Å². The van der Waals surface area contributed by atoms with Gasteiger partial charge in [0, 0.05) is 23.8 Å². The van der Waals surface area contributed by atoms with E-state index in [0.717, 1.165) is 5.56 Å². The third kappa shape index (κ3) is 4.26. The second kappa shape index (κ2) is 7.51. The summed E-state index contributed by atoms with van der Waals surface area (Å²) in [5.41, 5.74) is 8.29. The van der Waals surface area contributed by atoms with Crippen LogP contribution in [0.25, 0.3) is 0 Å². The summed E-state index contributed by atoms with van der Waals surface area (Å²) in [5.74, 6) is 0.698. The maximum atomic E-state index is 12.9. The lowest BCUT2D eigenvalue weighted by Crippen LogP contribution is -2.39. The summed E-state index contributed by atoms with van der Waals surface area (Å²) < 4.78 is 0. The summed E-state index contributed by atoms with van der Waals surface area (Å²) >= 11 is 0. The number of amides is 1. The Morgan fingerprint density at radius 3 is 2.48 bits per heavy atom. The van der Waals surface area contributed by atoms with Crippen LogP contribution < -0.4 is 5.73 Å². The number of hydrogen-bond acceptors (Lipinski definition) is 2. The normalized spacial score (nSPS) is 14.7. The zero-order chi connectivity index (χ0) is 15.5. The molecule has 2 aromatic carbocycles. The third-order valence-corrected chi connectivity index (χ3v) is 4.39. The van der Waals surface area contributed by atoms with Crippen LogP contribution in [-0.2, 0) is 6.54 Å². The molecule has 0 spiro atoms. The van der Waals surface area contributed by atoms with Crippen molar-refractivity contribution in [2.75, 3.05) is 5.73 Å². The number of nitrogens with zero attached hydrogens (tertiary/aromatic N) is 1. The summed E-state index contributed by atoms with van der Waals surface area (Å²) in [5, 5.41) is 0. The van der Waals surface area contributed by atoms with Gasteiger partial charge in [-0.1, -0.05) is 36.4 Å². The number of carbonyl (C=O) groups excluding carboxylic acids is 1. The first-order valence-electron chi connectivity index (χ1n) is 7.85. The molecule has 0 aromatic heterocycles. The summed E-state index contributed by atoms with van der Waals surface area (Å²) in [6, 6.07) is 17.7. The van der Waals surface area contributed by atoms with Crippen LogP contribution in [0.15, 0.2) is 54.6 Å². The fourth-order valence-corrected chi connectivity index (χ4v) is 2.85. The Balaban J connectivity index is 0.00000192. The molecule has 1 amide bonds. The van der Waals surface area contributed by atoms with Crippen LogP contribution in [0, 0.1) is 5.92 Å². The van der Waals surface area contributed by atoms with Gasteiger partial charge in [-0.2, -0.15) is 0 Å². The Bertz CT molecular complexity index is 655. The van der Waals surface area contributed by atoms with Gasteiger partial charge in [-0.15, -0.1) is 12.4 Å². The largest absolute Gasteiger partial charge is 0.399 e. The van der Waals surface area contributed by atoms with E-state index in [4.69, 9.17) is 5.73 Å². The van der Waals surface area contributed by atoms with Gasteiger partial charge in [-0.3, -0.25) is 4.79 Å². The Morgan fingerprint density at radius 2 is 1.87 bits per heavy atom. The summed E-state index contributed by atoms with van der Waals surface area (Å²) in [4.78, 5) is 14.9. The molecule has 0 heterocycles. The molecule has 3 nitrogen and oxygen atoms in total. The minimum Gasteiger partial charge on any atom is -0.399 e. The van der Waals surface area contributed by atoms with Gasteiger partial charge in [0.15, 0.2) is 0 Å². The molecule has 0 aliphatic heterocycles. The van der Waals surface area contributed by atoms with Gasteiger partial charge in [0.2, 0.25) is 0 Å². The quantitative estimate of drug-likeness (QED) is 0.838. The highest BCUT2D eigenvalue weighted by molar-refractivity contribution is 5.95. The van der Waals surface area contributed by atoms with Crippen LogP contribution in [0.2, 0.25) is 0 Å². The number of anilines is 1. The number of carbonyl (C=O) groups is 1. The van der Waals surface area contributed by atoms with Crippen molar-refractivity contribution in [1.29, 1.82) is 0 Å². The second-order valence-corrected chi connectivity index (χ2v) is 6.12. The van der Waals surface area contributed by atoms with Crippen molar-refractivity contribution in [2.24, 2.45) is 5.92 Å². The van der Waals surface area contributed by atoms with Crippen molar-refractivity contribution in [3.63, 3.8) is 0 Å². The molecule has 0 bridgehead atoms. The molecule has 1 unspecified atom stereocenters. The molecule has 1 atom stereocenters. The van der Waals surface area contributed by atoms with Gasteiger partial charge >= 0.3 is 0 Å². The van der Waals surface area contributed by atoms with Crippen molar-refractivity contribution in [3.8, 4) is 0 Å². The number of halogens is 1. The van der Waals surface area contributed by atoms with E-state index in [0.29, 0.717) is 23.7 Å². The number of benzene rings is 2. The van der Waals surface area contributed by atoms with Gasteiger partial charge in [0.1, 0.15) is 0 Å². The summed E-state index contributed by atoms with van der Waals surface area (Å²) in [7, 11) is 0. The molecule has 0 radical (unpaired) electrons. The lowest BCUT2D eigenvalue weighted by atomic mass is 10.1. The molecule has 0 saturated heterocycles. The SMILES string of the molecule is CC(C1CC1)N(Cc1ccccc1)C(=O)c1cccc(N)c1.Cl. The molecule has 1 aliphatic carbocycles. The Morgan fingerprint density at radius 1 is 1.17 bits per heavy atom. The molecule has 3 rings (SSSR count). The monoisotopic (exact) mass is 330 g/mol. The van der Waals surface area contributed by atoms with Crippen molar-refractivity contribution in [1.82, 2.24) is 4.90 Å². The van der Waals surface area contributed by atoms with Crippen LogP contribution in [-0.4, -0.2) is 16.8 Å². The van der Waals surface area contributed by atoms with Crippen LogP contribution in [0.5, 0.6) is 0 Å². The first-order valence-corrected chi connectivity index (χ1v) is 7.85. The van der Waals surface area contributed by atoms with Gasteiger partial charge < -0.3 is 10.6 Å². The number of nitrogens with two attached hydrogens (primary N) is 1. The van der Waals surface area contributed by atoms with Gasteiger partial charge in [0.05, 0.1) is 0 Å². The summed E-state index contributed by atoms with van der Waals surface area (Å²) in [6.45, 7) is 2.80. The van der Waals surface area contributed by atoms with E-state index in [1.54, 1.807) is 6.07 Å². The predicted molar refractivity (Wildman–Crippen MR) is 96.6 cm³/mol. The molecule has 1 fully saturated rings. The molecule has 23 heavy (non-hydrogen) atoms. The van der Waals surface area contributed by atoms with E-state index in [1.165, 1.54) is 12.8 Å². The minimum atomic E-state index is 0. The lowest BCUT2D eigenvalue weighted by Gasteiger charge is -2.30. The molecule has 4 heteroatoms. The molecule has 122 valence electrons. The minimum absolute atomic E-state index is 0. The Labute approximate surface area is 143 Å². The summed E-state index contributed by atoms with van der Waals surface area (Å²) in [6.07, 6.45) is 2.44. The number of nitrogen functional groups attached to an aromatic ring is 1. The van der Waals surface area contributed by atoms with Crippen LogP contribution in [0.1, 0.15) is 35.7 Å². The first-order chi connectivity index (χ1) is 10.6. The average molecular weight is 331 g/mol. The van der Waals surface area contributed by atoms with Gasteiger partial charge in [-0.05, 0) is 49.4 Å². The standard InChI is InChI=1S/C19H22N2O.ClH/c1-14(16-10-11-16)21(13-15-6-3-2-4-7-15)19(22)17-8-5-9-18(20)12-17;/h2-9,12,14,16H,10-11,13,20H2,1H3;1H. The molecular weight excluding hydrogens is 308 g/mol. The highest BCUT2D eigenvalue weighted by Crippen LogP contribution is 2.36. The number of rotatable bonds is 5. The average Bonchev–Trinajstić information content (AvgIpc) is 3.37. The van der Waals surface area contributed by atoms with E-state index in [9.17, 15) is 4.79 Å². The third-order valence-electron chi connectivity index (χ3n) is 4.39. The Hall–Kier alpha value is -2.00. The second-order valence-electron chi connectivity index (χ2n) is 6.12. The fourth-order valence-electron chi connectivity index (χ4n) is 2.85. The van der Waals surface area contributed by atoms with Crippen molar-refractivity contribution >= 4 is 24.0 Å². The topological polar surface area (TPSA) is 46.3 Å². The highest BCUT2D eigenvalue weighted by Gasteiger charge is 2.34. The molecule has 1 aliphatic rings. The maximum absolute atomic E-state index is 12.9. The first kappa shape index (κ1) is 17.4. The lowest BCUT2D eigenvalue weighted by molar-refractivity contribution is 0.0654. The van der Waals surface area contributed by atoms with Crippen LogP contribution in [0.3, 0.4) is 0 Å².